The van der Waals surface area contributed by atoms with Gasteiger partial charge in [0.1, 0.15) is 0 Å². The minimum absolute atomic E-state index is 0.874. The number of hydrogen-bond acceptors (Lipinski definition) is 2. The molecule has 0 spiro atoms. The lowest BCUT2D eigenvalue weighted by molar-refractivity contribution is 1.68. The van der Waals surface area contributed by atoms with Crippen LogP contribution in [0.15, 0.2) is 23.8 Å². The molecule has 0 atom stereocenters. The molecule has 0 aliphatic carbocycles. The molecule has 0 aromatic carbocycles. The number of allylic oxidation sites excluding steroid dienone is 3. The second kappa shape index (κ2) is 6.21. The van der Waals surface area contributed by atoms with Gasteiger partial charge in [0.05, 0.1) is 4.20 Å². The van der Waals surface area contributed by atoms with Crippen molar-refractivity contribution in [3.05, 3.63) is 23.8 Å². The van der Waals surface area contributed by atoms with E-state index in [1.54, 1.807) is 17.8 Å². The van der Waals surface area contributed by atoms with Crippen molar-refractivity contribution in [1.29, 1.82) is 0 Å². The summed E-state index contributed by atoms with van der Waals surface area (Å²) in [6.07, 6.45) is 12.5. The van der Waals surface area contributed by atoms with Crippen molar-refractivity contribution in [2.45, 2.75) is 6.92 Å². The summed E-state index contributed by atoms with van der Waals surface area (Å²) in [5, 5.41) is 0. The van der Waals surface area contributed by atoms with Crippen molar-refractivity contribution in [1.82, 2.24) is 0 Å². The zero-order valence-corrected chi connectivity index (χ0v) is 8.26. The molecule has 0 N–H and O–H groups in total. The van der Waals surface area contributed by atoms with Crippen LogP contribution in [0.1, 0.15) is 6.92 Å². The van der Waals surface area contributed by atoms with Crippen LogP contribution in [0.25, 0.3) is 0 Å². The molecule has 0 heterocycles. The van der Waals surface area contributed by atoms with E-state index in [-0.39, 0.29) is 0 Å². The zero-order chi connectivity index (χ0) is 8.69. The predicted octanol–water partition coefficient (Wildman–Crippen LogP) is 2.81. The smallest absolute Gasteiger partial charge is 0.0772 e. The maximum Gasteiger partial charge on any atom is 0.0772 e. The fourth-order valence-electron chi connectivity index (χ4n) is 0.538. The summed E-state index contributed by atoms with van der Waals surface area (Å²) in [6.45, 7) is 1.94. The van der Waals surface area contributed by atoms with Gasteiger partial charge in [-0.2, -0.15) is 0 Å². The van der Waals surface area contributed by atoms with E-state index >= 15 is 0 Å². The Morgan fingerprint density at radius 2 is 2.27 bits per heavy atom. The monoisotopic (exact) mass is 182 g/mol. The molecule has 0 saturated carbocycles. The Labute approximate surface area is 77.8 Å². The average Bonchev–Trinajstić information content (AvgIpc) is 2.05. The van der Waals surface area contributed by atoms with Crippen LogP contribution in [0.2, 0.25) is 0 Å². The standard InChI is InChI=1S/C9H10S2/c1-4-6-7-8(5-2)9(10)11-3/h1,5-7H,2-3H3/b7-6-,8-5+. The quantitative estimate of drug-likeness (QED) is 0.279. The van der Waals surface area contributed by atoms with Crippen LogP contribution in [0.5, 0.6) is 0 Å². The summed E-state index contributed by atoms with van der Waals surface area (Å²) in [7, 11) is 0. The van der Waals surface area contributed by atoms with Gasteiger partial charge in [0.2, 0.25) is 0 Å². The number of rotatable bonds is 2. The Morgan fingerprint density at radius 1 is 1.64 bits per heavy atom. The van der Waals surface area contributed by atoms with Crippen molar-refractivity contribution in [2.24, 2.45) is 0 Å². The van der Waals surface area contributed by atoms with E-state index in [2.05, 4.69) is 5.92 Å². The third-order valence-electron chi connectivity index (χ3n) is 1.09. The van der Waals surface area contributed by atoms with E-state index in [1.165, 1.54) is 0 Å². The molecule has 0 aromatic rings. The molecule has 0 unspecified atom stereocenters. The van der Waals surface area contributed by atoms with Crippen LogP contribution in [0.3, 0.4) is 0 Å². The second-order valence-electron chi connectivity index (χ2n) is 1.74. The molecule has 0 amide bonds. The fourth-order valence-corrected chi connectivity index (χ4v) is 1.15. The molecule has 0 radical (unpaired) electrons. The highest BCUT2D eigenvalue weighted by molar-refractivity contribution is 8.23. The summed E-state index contributed by atoms with van der Waals surface area (Å²) in [5.74, 6) is 2.42. The van der Waals surface area contributed by atoms with E-state index in [4.69, 9.17) is 18.6 Å². The minimum Gasteiger partial charge on any atom is -0.117 e. The molecule has 11 heavy (non-hydrogen) atoms. The van der Waals surface area contributed by atoms with Crippen LogP contribution >= 0.6 is 24.0 Å². The van der Waals surface area contributed by atoms with Gasteiger partial charge in [-0.1, -0.05) is 24.2 Å². The van der Waals surface area contributed by atoms with E-state index in [0.717, 1.165) is 9.77 Å². The Hall–Kier alpha value is -0.520. The maximum absolute atomic E-state index is 5.06. The number of thiocarbonyl (C=S) groups is 1. The number of terminal acetylenes is 1. The fraction of sp³-hybridized carbons (Fsp3) is 0.222. The Morgan fingerprint density at radius 3 is 2.64 bits per heavy atom. The summed E-state index contributed by atoms with van der Waals surface area (Å²) in [5.41, 5.74) is 1.02. The SMILES string of the molecule is C#C/C=C\C(=C/C)C(=S)SC. The van der Waals surface area contributed by atoms with Gasteiger partial charge in [0.15, 0.2) is 0 Å². The van der Waals surface area contributed by atoms with Crippen LogP contribution < -0.4 is 0 Å². The van der Waals surface area contributed by atoms with Gasteiger partial charge in [-0.25, -0.2) is 0 Å². The summed E-state index contributed by atoms with van der Waals surface area (Å²) in [4.78, 5) is 0. The van der Waals surface area contributed by atoms with Crippen LogP contribution in [-0.4, -0.2) is 10.5 Å². The average molecular weight is 182 g/mol. The highest BCUT2D eigenvalue weighted by Crippen LogP contribution is 2.10. The Kier molecular flexibility index (Phi) is 5.91. The van der Waals surface area contributed by atoms with Gasteiger partial charge in [0.25, 0.3) is 0 Å². The zero-order valence-electron chi connectivity index (χ0n) is 6.63. The summed E-state index contributed by atoms with van der Waals surface area (Å²) in [6, 6.07) is 0. The van der Waals surface area contributed by atoms with Gasteiger partial charge in [0, 0.05) is 0 Å². The highest BCUT2D eigenvalue weighted by atomic mass is 32.2. The Balaban J connectivity index is 4.35. The molecule has 0 fully saturated rings. The van der Waals surface area contributed by atoms with Crippen molar-refractivity contribution in [3.8, 4) is 12.3 Å². The first-order valence-corrected chi connectivity index (χ1v) is 4.76. The minimum atomic E-state index is 0.874. The largest absolute Gasteiger partial charge is 0.117 e. The molecule has 0 saturated heterocycles. The van der Waals surface area contributed by atoms with Crippen molar-refractivity contribution in [3.63, 3.8) is 0 Å². The van der Waals surface area contributed by atoms with Gasteiger partial charge >= 0.3 is 0 Å². The molecular formula is C9H10S2. The third-order valence-corrected chi connectivity index (χ3v) is 2.43. The third kappa shape index (κ3) is 4.02. The molecule has 0 aromatic heterocycles. The molecule has 0 aliphatic rings. The second-order valence-corrected chi connectivity index (χ2v) is 3.22. The lowest BCUT2D eigenvalue weighted by Gasteiger charge is -1.97. The topological polar surface area (TPSA) is 0 Å². The summed E-state index contributed by atoms with van der Waals surface area (Å²) >= 11 is 6.62. The van der Waals surface area contributed by atoms with Crippen molar-refractivity contribution in [2.75, 3.05) is 6.26 Å². The van der Waals surface area contributed by atoms with Crippen LogP contribution in [0.4, 0.5) is 0 Å². The molecule has 0 aliphatic heterocycles. The number of hydrogen-bond donors (Lipinski definition) is 0. The Bertz CT molecular complexity index is 228. The van der Waals surface area contributed by atoms with Crippen LogP contribution in [-0.2, 0) is 0 Å². The highest BCUT2D eigenvalue weighted by Gasteiger charge is 1.95. The first kappa shape index (κ1) is 10.5. The van der Waals surface area contributed by atoms with Crippen molar-refractivity contribution < 1.29 is 0 Å². The van der Waals surface area contributed by atoms with E-state index in [1.807, 2.05) is 25.3 Å². The van der Waals surface area contributed by atoms with Crippen molar-refractivity contribution >= 4 is 28.2 Å². The van der Waals surface area contributed by atoms with Gasteiger partial charge < -0.3 is 0 Å². The van der Waals surface area contributed by atoms with E-state index in [0.29, 0.717) is 0 Å². The van der Waals surface area contributed by atoms with Gasteiger partial charge in [-0.3, -0.25) is 0 Å². The van der Waals surface area contributed by atoms with Gasteiger partial charge in [-0.15, -0.1) is 18.2 Å². The lowest BCUT2D eigenvalue weighted by Crippen LogP contribution is -1.88. The molecule has 0 nitrogen and oxygen atoms in total. The number of thioether (sulfide) groups is 1. The molecule has 0 bridgehead atoms. The normalized spacial score (nSPS) is 11.5. The maximum atomic E-state index is 5.06. The molecule has 58 valence electrons. The molecule has 2 heteroatoms. The first-order valence-electron chi connectivity index (χ1n) is 3.13. The molecule has 0 rings (SSSR count). The predicted molar refractivity (Wildman–Crippen MR) is 57.8 cm³/mol. The lowest BCUT2D eigenvalue weighted by atomic mass is 10.2. The van der Waals surface area contributed by atoms with E-state index < -0.39 is 0 Å². The van der Waals surface area contributed by atoms with E-state index in [9.17, 15) is 0 Å². The van der Waals surface area contributed by atoms with Gasteiger partial charge in [-0.05, 0) is 30.9 Å². The summed E-state index contributed by atoms with van der Waals surface area (Å²) < 4.78 is 0.874. The molecular weight excluding hydrogens is 172 g/mol. The van der Waals surface area contributed by atoms with Crippen LogP contribution in [0, 0.1) is 12.3 Å². The first-order chi connectivity index (χ1) is 5.26.